The zero-order valence-electron chi connectivity index (χ0n) is 20.0. The number of primary amides is 1. The molecule has 3 aromatic heterocycles. The van der Waals surface area contributed by atoms with Gasteiger partial charge in [0, 0.05) is 24.0 Å². The summed E-state index contributed by atoms with van der Waals surface area (Å²) < 4.78 is 11.7. The predicted octanol–water partition coefficient (Wildman–Crippen LogP) is 3.17. The van der Waals surface area contributed by atoms with Crippen molar-refractivity contribution in [1.82, 2.24) is 34.1 Å². The van der Waals surface area contributed by atoms with E-state index < -0.39 is 11.4 Å². The first-order valence-corrected chi connectivity index (χ1v) is 11.3. The van der Waals surface area contributed by atoms with Crippen LogP contribution in [-0.2, 0) is 16.9 Å². The number of imidazole rings is 1. The SMILES string of the molecule is Cc1nc(-c2cn3c(n2)-c2ccc(-c4ccn(C(C)(C)C(N)=O)n4)cc2OCC3)n(C(C)C)n1. The zero-order chi connectivity index (χ0) is 24.2. The van der Waals surface area contributed by atoms with Gasteiger partial charge in [-0.05, 0) is 52.8 Å². The fourth-order valence-electron chi connectivity index (χ4n) is 4.02. The van der Waals surface area contributed by atoms with Crippen LogP contribution in [0.2, 0.25) is 0 Å². The molecule has 0 unspecified atom stereocenters. The summed E-state index contributed by atoms with van der Waals surface area (Å²) >= 11 is 0. The molecule has 1 aromatic carbocycles. The molecule has 4 heterocycles. The molecule has 0 atom stereocenters. The first-order chi connectivity index (χ1) is 16.1. The van der Waals surface area contributed by atoms with Crippen molar-refractivity contribution in [3.8, 4) is 39.9 Å². The number of amides is 1. The Labute approximate surface area is 197 Å². The van der Waals surface area contributed by atoms with Gasteiger partial charge in [0.15, 0.2) is 5.82 Å². The minimum Gasteiger partial charge on any atom is -0.491 e. The third-order valence-electron chi connectivity index (χ3n) is 6.10. The molecule has 10 nitrogen and oxygen atoms in total. The fourth-order valence-corrected chi connectivity index (χ4v) is 4.02. The number of nitrogens with zero attached hydrogens (tertiary/aromatic N) is 7. The molecule has 1 aliphatic heterocycles. The van der Waals surface area contributed by atoms with E-state index in [4.69, 9.17) is 15.5 Å². The summed E-state index contributed by atoms with van der Waals surface area (Å²) in [5.74, 6) is 2.59. The van der Waals surface area contributed by atoms with Crippen molar-refractivity contribution in [2.75, 3.05) is 6.61 Å². The minimum atomic E-state index is -0.920. The molecule has 10 heteroatoms. The normalized spacial score (nSPS) is 13.4. The summed E-state index contributed by atoms with van der Waals surface area (Å²) in [5.41, 5.74) is 7.92. The minimum absolute atomic E-state index is 0.176. The maximum Gasteiger partial charge on any atom is 0.244 e. The van der Waals surface area contributed by atoms with Crippen molar-refractivity contribution in [2.45, 2.75) is 52.7 Å². The number of hydrogen-bond acceptors (Lipinski definition) is 6. The standard InChI is InChI=1S/C24H28N8O2/c1-14(2)32-22(26-15(3)28-32)19-13-30-10-11-34-20-12-16(6-7-17(20)21(30)27-19)18-8-9-31(29-18)24(4,5)23(25)33/h6-9,12-14H,10-11H2,1-5H3,(H2,25,33). The third kappa shape index (κ3) is 3.55. The molecular formula is C24H28N8O2. The quantitative estimate of drug-likeness (QED) is 0.489. The number of nitrogens with two attached hydrogens (primary N) is 1. The van der Waals surface area contributed by atoms with Crippen molar-refractivity contribution >= 4 is 5.91 Å². The van der Waals surface area contributed by atoms with Crippen molar-refractivity contribution in [2.24, 2.45) is 5.73 Å². The molecule has 0 spiro atoms. The summed E-state index contributed by atoms with van der Waals surface area (Å²) in [7, 11) is 0. The van der Waals surface area contributed by atoms with E-state index in [1.807, 2.05) is 42.1 Å². The van der Waals surface area contributed by atoms with Gasteiger partial charge in [-0.25, -0.2) is 14.6 Å². The number of carbonyl (C=O) groups is 1. The molecule has 0 fully saturated rings. The van der Waals surface area contributed by atoms with Crippen molar-refractivity contribution in [3.05, 3.63) is 42.5 Å². The van der Waals surface area contributed by atoms with Gasteiger partial charge in [0.2, 0.25) is 5.91 Å². The molecular weight excluding hydrogens is 432 g/mol. The molecule has 2 N–H and O–H groups in total. The van der Waals surface area contributed by atoms with Gasteiger partial charge in [0.1, 0.15) is 35.2 Å². The highest BCUT2D eigenvalue weighted by Crippen LogP contribution is 2.36. The van der Waals surface area contributed by atoms with Crippen LogP contribution in [0.25, 0.3) is 34.2 Å². The van der Waals surface area contributed by atoms with Crippen LogP contribution in [0, 0.1) is 6.92 Å². The van der Waals surface area contributed by atoms with Crippen molar-refractivity contribution in [3.63, 3.8) is 0 Å². The number of ether oxygens (including phenoxy) is 1. The maximum absolute atomic E-state index is 11.8. The topological polar surface area (TPSA) is 119 Å². The van der Waals surface area contributed by atoms with Gasteiger partial charge in [-0.15, -0.1) is 0 Å². The Hall–Kier alpha value is -3.95. The summed E-state index contributed by atoms with van der Waals surface area (Å²) in [4.78, 5) is 21.3. The van der Waals surface area contributed by atoms with Gasteiger partial charge in [0.05, 0.1) is 17.8 Å². The lowest BCUT2D eigenvalue weighted by Gasteiger charge is -2.20. The Kier molecular flexibility index (Phi) is 5.03. The zero-order valence-corrected chi connectivity index (χ0v) is 20.0. The van der Waals surface area contributed by atoms with Crippen LogP contribution in [0.3, 0.4) is 0 Å². The van der Waals surface area contributed by atoms with E-state index in [2.05, 4.69) is 33.6 Å². The Morgan fingerprint density at radius 1 is 1.12 bits per heavy atom. The number of benzene rings is 1. The molecule has 5 rings (SSSR count). The molecule has 0 saturated heterocycles. The Balaban J connectivity index is 1.53. The maximum atomic E-state index is 11.8. The first kappa shape index (κ1) is 21.9. The molecule has 176 valence electrons. The molecule has 34 heavy (non-hydrogen) atoms. The average Bonchev–Trinajstić information content (AvgIpc) is 3.50. The Morgan fingerprint density at radius 3 is 2.65 bits per heavy atom. The Bertz CT molecular complexity index is 1390. The van der Waals surface area contributed by atoms with E-state index in [1.54, 1.807) is 24.7 Å². The fraction of sp³-hybridized carbons (Fsp3) is 0.375. The summed E-state index contributed by atoms with van der Waals surface area (Å²) in [6.07, 6.45) is 3.77. The number of hydrogen-bond donors (Lipinski definition) is 1. The second-order valence-electron chi connectivity index (χ2n) is 9.29. The average molecular weight is 461 g/mol. The van der Waals surface area contributed by atoms with Crippen LogP contribution in [0.4, 0.5) is 0 Å². The third-order valence-corrected chi connectivity index (χ3v) is 6.10. The smallest absolute Gasteiger partial charge is 0.244 e. The lowest BCUT2D eigenvalue weighted by atomic mass is 10.1. The lowest BCUT2D eigenvalue weighted by Crippen LogP contribution is -2.41. The summed E-state index contributed by atoms with van der Waals surface area (Å²) in [6.45, 7) is 10.7. The van der Waals surface area contributed by atoms with Crippen LogP contribution in [0.5, 0.6) is 5.75 Å². The van der Waals surface area contributed by atoms with E-state index in [0.717, 1.165) is 45.7 Å². The molecule has 0 saturated carbocycles. The Morgan fingerprint density at radius 2 is 1.91 bits per heavy atom. The highest BCUT2D eigenvalue weighted by atomic mass is 16.5. The van der Waals surface area contributed by atoms with Gasteiger partial charge < -0.3 is 15.0 Å². The number of aryl methyl sites for hydroxylation is 1. The number of carbonyl (C=O) groups excluding carboxylic acids is 1. The van der Waals surface area contributed by atoms with Crippen molar-refractivity contribution < 1.29 is 9.53 Å². The molecule has 0 aliphatic carbocycles. The monoisotopic (exact) mass is 460 g/mol. The van der Waals surface area contributed by atoms with E-state index in [0.29, 0.717) is 13.2 Å². The van der Waals surface area contributed by atoms with E-state index in [9.17, 15) is 4.79 Å². The van der Waals surface area contributed by atoms with Crippen LogP contribution in [-0.4, -0.2) is 46.6 Å². The van der Waals surface area contributed by atoms with E-state index in [-0.39, 0.29) is 6.04 Å². The molecule has 1 amide bonds. The van der Waals surface area contributed by atoms with Crippen LogP contribution >= 0.6 is 0 Å². The summed E-state index contributed by atoms with van der Waals surface area (Å²) in [6, 6.07) is 7.98. The first-order valence-electron chi connectivity index (χ1n) is 11.3. The lowest BCUT2D eigenvalue weighted by molar-refractivity contribution is -0.125. The van der Waals surface area contributed by atoms with Gasteiger partial charge in [-0.3, -0.25) is 9.48 Å². The van der Waals surface area contributed by atoms with E-state index >= 15 is 0 Å². The van der Waals surface area contributed by atoms with Crippen molar-refractivity contribution in [1.29, 1.82) is 0 Å². The second kappa shape index (κ2) is 7.82. The van der Waals surface area contributed by atoms with Gasteiger partial charge in [-0.2, -0.15) is 10.2 Å². The highest BCUT2D eigenvalue weighted by Gasteiger charge is 2.28. The van der Waals surface area contributed by atoms with Crippen LogP contribution < -0.4 is 10.5 Å². The molecule has 4 aromatic rings. The van der Waals surface area contributed by atoms with Crippen LogP contribution in [0.1, 0.15) is 39.6 Å². The molecule has 0 radical (unpaired) electrons. The molecule has 0 bridgehead atoms. The van der Waals surface area contributed by atoms with Gasteiger partial charge in [0.25, 0.3) is 0 Å². The highest BCUT2D eigenvalue weighted by molar-refractivity contribution is 5.82. The second-order valence-corrected chi connectivity index (χ2v) is 9.29. The number of fused-ring (bicyclic) bond motifs is 3. The van der Waals surface area contributed by atoms with Gasteiger partial charge in [-0.1, -0.05) is 6.07 Å². The summed E-state index contributed by atoms with van der Waals surface area (Å²) in [5, 5.41) is 9.11. The number of rotatable bonds is 5. The van der Waals surface area contributed by atoms with Gasteiger partial charge >= 0.3 is 0 Å². The number of aromatic nitrogens is 7. The largest absolute Gasteiger partial charge is 0.491 e. The predicted molar refractivity (Wildman–Crippen MR) is 127 cm³/mol. The van der Waals surface area contributed by atoms with E-state index in [1.165, 1.54) is 0 Å². The van der Waals surface area contributed by atoms with Crippen LogP contribution in [0.15, 0.2) is 36.7 Å². The molecule has 1 aliphatic rings.